The first-order chi connectivity index (χ1) is 12.1. The quantitative estimate of drug-likeness (QED) is 0.793. The van der Waals surface area contributed by atoms with Crippen LogP contribution in [0.3, 0.4) is 0 Å². The summed E-state index contributed by atoms with van der Waals surface area (Å²) in [5.41, 5.74) is 0.573. The molecule has 0 aromatic heterocycles. The van der Waals surface area contributed by atoms with Gasteiger partial charge in [0.05, 0.1) is 14.2 Å². The standard InChI is InChI=1S/C19H28N2O4/c1-4-5-7-18(22)20-10-6-11-21(13-12-20)19(23)15-8-9-16(24-2)17(14-15)25-3/h8-9,14H,4-7,10-13H2,1-3H3. The average molecular weight is 348 g/mol. The number of carbonyl (C=O) groups excluding carboxylic acids is 2. The van der Waals surface area contributed by atoms with E-state index in [4.69, 9.17) is 9.47 Å². The van der Waals surface area contributed by atoms with E-state index in [1.165, 1.54) is 0 Å². The van der Waals surface area contributed by atoms with Crippen LogP contribution in [0.1, 0.15) is 43.0 Å². The van der Waals surface area contributed by atoms with Crippen LogP contribution in [0.25, 0.3) is 0 Å². The zero-order chi connectivity index (χ0) is 18.2. The third-order valence-electron chi connectivity index (χ3n) is 4.51. The minimum absolute atomic E-state index is 0.0381. The van der Waals surface area contributed by atoms with Crippen molar-refractivity contribution in [3.05, 3.63) is 23.8 Å². The normalized spacial score (nSPS) is 14.8. The molecule has 1 aromatic rings. The van der Waals surface area contributed by atoms with Gasteiger partial charge in [0.25, 0.3) is 5.91 Å². The van der Waals surface area contributed by atoms with Gasteiger partial charge in [-0.3, -0.25) is 9.59 Å². The molecule has 1 saturated heterocycles. The van der Waals surface area contributed by atoms with Crippen molar-refractivity contribution in [1.82, 2.24) is 9.80 Å². The lowest BCUT2D eigenvalue weighted by Gasteiger charge is -2.22. The minimum Gasteiger partial charge on any atom is -0.493 e. The van der Waals surface area contributed by atoms with Crippen molar-refractivity contribution in [3.8, 4) is 11.5 Å². The Morgan fingerprint density at radius 2 is 1.68 bits per heavy atom. The first kappa shape index (κ1) is 19.1. The maximum Gasteiger partial charge on any atom is 0.254 e. The number of amides is 2. The second-order valence-corrected chi connectivity index (χ2v) is 6.20. The Bertz CT molecular complexity index is 603. The summed E-state index contributed by atoms with van der Waals surface area (Å²) in [5.74, 6) is 1.30. The smallest absolute Gasteiger partial charge is 0.254 e. The molecule has 0 aliphatic carbocycles. The zero-order valence-electron chi connectivity index (χ0n) is 15.4. The van der Waals surface area contributed by atoms with E-state index in [0.717, 1.165) is 25.8 Å². The highest BCUT2D eigenvalue weighted by molar-refractivity contribution is 5.95. The van der Waals surface area contributed by atoms with E-state index >= 15 is 0 Å². The van der Waals surface area contributed by atoms with E-state index < -0.39 is 0 Å². The molecule has 6 nitrogen and oxygen atoms in total. The first-order valence-electron chi connectivity index (χ1n) is 8.89. The molecule has 1 aliphatic heterocycles. The van der Waals surface area contributed by atoms with Crippen molar-refractivity contribution in [2.24, 2.45) is 0 Å². The molecule has 1 heterocycles. The summed E-state index contributed by atoms with van der Waals surface area (Å²) in [6.45, 7) is 4.62. The number of methoxy groups -OCH3 is 2. The molecule has 138 valence electrons. The van der Waals surface area contributed by atoms with E-state index in [1.807, 2.05) is 9.80 Å². The van der Waals surface area contributed by atoms with Gasteiger partial charge in [-0.2, -0.15) is 0 Å². The number of nitrogens with zero attached hydrogens (tertiary/aromatic N) is 2. The predicted molar refractivity (Wildman–Crippen MR) is 96.2 cm³/mol. The van der Waals surface area contributed by atoms with Crippen LogP contribution in [-0.4, -0.2) is 62.0 Å². The number of hydrogen-bond donors (Lipinski definition) is 0. The summed E-state index contributed by atoms with van der Waals surface area (Å²) in [4.78, 5) is 28.7. The van der Waals surface area contributed by atoms with E-state index in [1.54, 1.807) is 32.4 Å². The van der Waals surface area contributed by atoms with Crippen LogP contribution >= 0.6 is 0 Å². The molecule has 0 N–H and O–H groups in total. The molecule has 0 unspecified atom stereocenters. The van der Waals surface area contributed by atoms with Gasteiger partial charge in [-0.25, -0.2) is 0 Å². The highest BCUT2D eigenvalue weighted by Crippen LogP contribution is 2.28. The summed E-state index contributed by atoms with van der Waals surface area (Å²) in [6, 6.07) is 5.19. The topological polar surface area (TPSA) is 59.1 Å². The van der Waals surface area contributed by atoms with Crippen LogP contribution in [0.5, 0.6) is 11.5 Å². The highest BCUT2D eigenvalue weighted by atomic mass is 16.5. The van der Waals surface area contributed by atoms with E-state index in [9.17, 15) is 9.59 Å². The molecule has 0 saturated carbocycles. The molecule has 2 rings (SSSR count). The van der Waals surface area contributed by atoms with E-state index in [0.29, 0.717) is 43.1 Å². The van der Waals surface area contributed by atoms with Crippen molar-refractivity contribution in [1.29, 1.82) is 0 Å². The molecule has 0 atom stereocenters. The Balaban J connectivity index is 2.02. The summed E-state index contributed by atoms with van der Waals surface area (Å²) in [6.07, 6.45) is 3.34. The zero-order valence-corrected chi connectivity index (χ0v) is 15.4. The van der Waals surface area contributed by atoms with Crippen molar-refractivity contribution in [3.63, 3.8) is 0 Å². The maximum atomic E-state index is 12.8. The minimum atomic E-state index is -0.0381. The number of hydrogen-bond acceptors (Lipinski definition) is 4. The van der Waals surface area contributed by atoms with Crippen molar-refractivity contribution >= 4 is 11.8 Å². The Kier molecular flexibility index (Phi) is 7.10. The summed E-state index contributed by atoms with van der Waals surface area (Å²) < 4.78 is 10.5. The van der Waals surface area contributed by atoms with E-state index in [-0.39, 0.29) is 11.8 Å². The van der Waals surface area contributed by atoms with Crippen LogP contribution in [0.4, 0.5) is 0 Å². The Morgan fingerprint density at radius 1 is 1.00 bits per heavy atom. The SMILES string of the molecule is CCCCC(=O)N1CCCN(C(=O)c2ccc(OC)c(OC)c2)CC1. The van der Waals surface area contributed by atoms with Crippen LogP contribution in [0, 0.1) is 0 Å². The largest absolute Gasteiger partial charge is 0.493 e. The fourth-order valence-corrected chi connectivity index (χ4v) is 3.01. The third-order valence-corrected chi connectivity index (χ3v) is 4.51. The molecule has 1 fully saturated rings. The van der Waals surface area contributed by atoms with Crippen molar-refractivity contribution < 1.29 is 19.1 Å². The number of rotatable bonds is 6. The molecule has 0 spiro atoms. The van der Waals surface area contributed by atoms with Crippen molar-refractivity contribution in [2.75, 3.05) is 40.4 Å². The van der Waals surface area contributed by atoms with E-state index in [2.05, 4.69) is 6.92 Å². The molecular weight excluding hydrogens is 320 g/mol. The van der Waals surface area contributed by atoms with Crippen molar-refractivity contribution in [2.45, 2.75) is 32.6 Å². The summed E-state index contributed by atoms with van der Waals surface area (Å²) >= 11 is 0. The van der Waals surface area contributed by atoms with Gasteiger partial charge in [0.1, 0.15) is 0 Å². The Hall–Kier alpha value is -2.24. The Labute approximate surface area is 149 Å². The van der Waals surface area contributed by atoms with Gasteiger partial charge in [0.2, 0.25) is 5.91 Å². The lowest BCUT2D eigenvalue weighted by atomic mass is 10.1. The molecule has 1 aliphatic rings. The fourth-order valence-electron chi connectivity index (χ4n) is 3.01. The number of ether oxygens (including phenoxy) is 2. The lowest BCUT2D eigenvalue weighted by Crippen LogP contribution is -2.37. The summed E-state index contributed by atoms with van der Waals surface area (Å²) in [7, 11) is 3.12. The molecule has 25 heavy (non-hydrogen) atoms. The van der Waals surface area contributed by atoms with Gasteiger partial charge >= 0.3 is 0 Å². The second kappa shape index (κ2) is 9.30. The molecule has 1 aromatic carbocycles. The number of carbonyl (C=O) groups is 2. The third kappa shape index (κ3) is 4.87. The monoisotopic (exact) mass is 348 g/mol. The fraction of sp³-hybridized carbons (Fsp3) is 0.579. The molecule has 0 bridgehead atoms. The lowest BCUT2D eigenvalue weighted by molar-refractivity contribution is -0.131. The molecular formula is C19H28N2O4. The van der Waals surface area contributed by atoms with Gasteiger partial charge < -0.3 is 19.3 Å². The predicted octanol–water partition coefficient (Wildman–Crippen LogP) is 2.57. The van der Waals surface area contributed by atoms with Crippen LogP contribution < -0.4 is 9.47 Å². The molecule has 0 radical (unpaired) electrons. The van der Waals surface area contributed by atoms with Gasteiger partial charge in [-0.15, -0.1) is 0 Å². The molecule has 2 amide bonds. The van der Waals surface area contributed by atoms with Crippen LogP contribution in [0.15, 0.2) is 18.2 Å². The van der Waals surface area contributed by atoms with Gasteiger partial charge in [-0.1, -0.05) is 13.3 Å². The average Bonchev–Trinajstić information content (AvgIpc) is 2.91. The van der Waals surface area contributed by atoms with Gasteiger partial charge in [0.15, 0.2) is 11.5 Å². The highest BCUT2D eigenvalue weighted by Gasteiger charge is 2.23. The van der Waals surface area contributed by atoms with Gasteiger partial charge in [-0.05, 0) is 31.0 Å². The molecule has 6 heteroatoms. The maximum absolute atomic E-state index is 12.8. The Morgan fingerprint density at radius 3 is 2.36 bits per heavy atom. The van der Waals surface area contributed by atoms with Crippen LogP contribution in [-0.2, 0) is 4.79 Å². The van der Waals surface area contributed by atoms with Gasteiger partial charge in [0, 0.05) is 38.2 Å². The number of unbranched alkanes of at least 4 members (excludes halogenated alkanes) is 1. The first-order valence-corrected chi connectivity index (χ1v) is 8.89. The van der Waals surface area contributed by atoms with Crippen LogP contribution in [0.2, 0.25) is 0 Å². The summed E-state index contributed by atoms with van der Waals surface area (Å²) in [5, 5.41) is 0. The second-order valence-electron chi connectivity index (χ2n) is 6.20. The number of benzene rings is 1.